The van der Waals surface area contributed by atoms with E-state index in [9.17, 15) is 13.2 Å². The Morgan fingerprint density at radius 3 is 2.13 bits per heavy atom. The highest BCUT2D eigenvalue weighted by Gasteiger charge is 2.05. The lowest BCUT2D eigenvalue weighted by Gasteiger charge is -2.06. The van der Waals surface area contributed by atoms with Gasteiger partial charge < -0.3 is 0 Å². The Morgan fingerprint density at radius 2 is 1.57 bits per heavy atom. The van der Waals surface area contributed by atoms with Gasteiger partial charge in [-0.05, 0) is 36.8 Å². The summed E-state index contributed by atoms with van der Waals surface area (Å²) in [4.78, 5) is 11.9. The van der Waals surface area contributed by atoms with Crippen LogP contribution >= 0.6 is 0 Å². The molecule has 23 heavy (non-hydrogen) atoms. The van der Waals surface area contributed by atoms with Crippen LogP contribution in [0.2, 0.25) is 0 Å². The smallest absolute Gasteiger partial charge is 0.271 e. The van der Waals surface area contributed by atoms with Gasteiger partial charge >= 0.3 is 0 Å². The Hall–Kier alpha value is -2.67. The maximum Gasteiger partial charge on any atom is 0.271 e. The zero-order chi connectivity index (χ0) is 16.9. The molecule has 0 aliphatic rings. The van der Waals surface area contributed by atoms with E-state index >= 15 is 0 Å². The number of carbonyl (C=O) groups excluding carboxylic acids is 1. The molecule has 2 N–H and O–H groups in total. The van der Waals surface area contributed by atoms with Crippen LogP contribution in [0.3, 0.4) is 0 Å². The third-order valence-electron chi connectivity index (χ3n) is 2.97. The van der Waals surface area contributed by atoms with Gasteiger partial charge in [-0.2, -0.15) is 5.10 Å². The fraction of sp³-hybridized carbons (Fsp3) is 0.125. The van der Waals surface area contributed by atoms with Gasteiger partial charge in [0.15, 0.2) is 0 Å². The van der Waals surface area contributed by atoms with Crippen LogP contribution in [-0.2, 0) is 10.0 Å². The first-order chi connectivity index (χ1) is 10.8. The normalized spacial score (nSPS) is 11.8. The Bertz CT molecular complexity index is 813. The molecule has 0 heterocycles. The standard InChI is InChI=1S/C16H17N3O3S/c1-12(17-18-16(20)14-6-4-3-5-7-14)13-8-10-15(11-9-13)19-23(2,21)22/h3-11,19H,1-2H3,(H,18,20)/b17-12-. The summed E-state index contributed by atoms with van der Waals surface area (Å²) in [5.74, 6) is -0.291. The fourth-order valence-corrected chi connectivity index (χ4v) is 2.41. The molecule has 0 aliphatic heterocycles. The van der Waals surface area contributed by atoms with Gasteiger partial charge in [-0.25, -0.2) is 13.8 Å². The number of carbonyl (C=O) groups is 1. The molecule has 0 atom stereocenters. The van der Waals surface area contributed by atoms with Gasteiger partial charge in [0.2, 0.25) is 10.0 Å². The van der Waals surface area contributed by atoms with E-state index in [0.717, 1.165) is 11.8 Å². The lowest BCUT2D eigenvalue weighted by atomic mass is 10.1. The summed E-state index contributed by atoms with van der Waals surface area (Å²) in [6.45, 7) is 1.75. The summed E-state index contributed by atoms with van der Waals surface area (Å²) in [6, 6.07) is 15.5. The molecule has 120 valence electrons. The van der Waals surface area contributed by atoms with Crippen molar-refractivity contribution >= 4 is 27.3 Å². The van der Waals surface area contributed by atoms with Crippen LogP contribution in [0.4, 0.5) is 5.69 Å². The van der Waals surface area contributed by atoms with Crippen LogP contribution in [0.5, 0.6) is 0 Å². The molecule has 0 aromatic heterocycles. The summed E-state index contributed by atoms with van der Waals surface area (Å²) in [7, 11) is -3.30. The first kappa shape index (κ1) is 16.7. The highest BCUT2D eigenvalue weighted by Crippen LogP contribution is 2.11. The molecule has 0 bridgehead atoms. The molecule has 0 unspecified atom stereocenters. The topological polar surface area (TPSA) is 87.6 Å². The van der Waals surface area contributed by atoms with Gasteiger partial charge in [-0.3, -0.25) is 9.52 Å². The summed E-state index contributed by atoms with van der Waals surface area (Å²) in [6.07, 6.45) is 1.09. The molecule has 0 fully saturated rings. The maximum absolute atomic E-state index is 11.9. The van der Waals surface area contributed by atoms with E-state index in [1.165, 1.54) is 0 Å². The van der Waals surface area contributed by atoms with Crippen LogP contribution in [0.1, 0.15) is 22.8 Å². The van der Waals surface area contributed by atoms with Crippen molar-refractivity contribution in [2.45, 2.75) is 6.92 Å². The van der Waals surface area contributed by atoms with Crippen LogP contribution in [0.25, 0.3) is 0 Å². The minimum Gasteiger partial charge on any atom is -0.284 e. The van der Waals surface area contributed by atoms with E-state index < -0.39 is 10.0 Å². The number of hydrogen-bond acceptors (Lipinski definition) is 4. The molecule has 0 saturated carbocycles. The van der Waals surface area contributed by atoms with Crippen molar-refractivity contribution in [3.8, 4) is 0 Å². The molecule has 7 heteroatoms. The maximum atomic E-state index is 11.9. The number of anilines is 1. The molecule has 0 saturated heterocycles. The van der Waals surface area contributed by atoms with Crippen molar-refractivity contribution in [3.05, 3.63) is 65.7 Å². The van der Waals surface area contributed by atoms with Crippen LogP contribution < -0.4 is 10.1 Å². The lowest BCUT2D eigenvalue weighted by molar-refractivity contribution is 0.0955. The van der Waals surface area contributed by atoms with Crippen molar-refractivity contribution in [1.82, 2.24) is 5.43 Å². The minimum absolute atomic E-state index is 0.291. The summed E-state index contributed by atoms with van der Waals surface area (Å²) in [5, 5.41) is 4.05. The molecular weight excluding hydrogens is 314 g/mol. The van der Waals surface area contributed by atoms with Crippen LogP contribution in [-0.4, -0.2) is 26.3 Å². The average Bonchev–Trinajstić information content (AvgIpc) is 2.52. The molecule has 0 aliphatic carbocycles. The number of rotatable bonds is 5. The van der Waals surface area contributed by atoms with Crippen molar-refractivity contribution < 1.29 is 13.2 Å². The van der Waals surface area contributed by atoms with Crippen molar-refractivity contribution in [2.75, 3.05) is 11.0 Å². The molecule has 0 radical (unpaired) electrons. The SMILES string of the molecule is C/C(=N/NC(=O)c1ccccc1)c1ccc(NS(C)(=O)=O)cc1. The number of benzene rings is 2. The second-order valence-corrected chi connectivity index (χ2v) is 6.70. The Balaban J connectivity index is 2.05. The van der Waals surface area contributed by atoms with Gasteiger partial charge in [-0.15, -0.1) is 0 Å². The number of amides is 1. The Morgan fingerprint density at radius 1 is 0.957 bits per heavy atom. The second kappa shape index (κ2) is 7.06. The monoisotopic (exact) mass is 331 g/mol. The molecule has 6 nitrogen and oxygen atoms in total. The van der Waals surface area contributed by atoms with E-state index in [0.29, 0.717) is 17.0 Å². The van der Waals surface area contributed by atoms with E-state index in [1.54, 1.807) is 55.5 Å². The highest BCUT2D eigenvalue weighted by molar-refractivity contribution is 7.92. The van der Waals surface area contributed by atoms with E-state index in [1.807, 2.05) is 6.07 Å². The molecular formula is C16H17N3O3S. The molecule has 1 amide bonds. The second-order valence-electron chi connectivity index (χ2n) is 4.96. The quantitative estimate of drug-likeness (QED) is 0.650. The Kier molecular flexibility index (Phi) is 5.13. The van der Waals surface area contributed by atoms with Crippen molar-refractivity contribution in [3.63, 3.8) is 0 Å². The first-order valence-electron chi connectivity index (χ1n) is 6.83. The van der Waals surface area contributed by atoms with Gasteiger partial charge in [0.25, 0.3) is 5.91 Å². The lowest BCUT2D eigenvalue weighted by Crippen LogP contribution is -2.19. The Labute approximate surface area is 135 Å². The molecule has 2 aromatic carbocycles. The highest BCUT2D eigenvalue weighted by atomic mass is 32.2. The summed E-state index contributed by atoms with van der Waals surface area (Å²) >= 11 is 0. The zero-order valence-corrected chi connectivity index (χ0v) is 13.6. The van der Waals surface area contributed by atoms with E-state index in [2.05, 4.69) is 15.2 Å². The summed E-state index contributed by atoms with van der Waals surface area (Å²) < 4.78 is 24.7. The first-order valence-corrected chi connectivity index (χ1v) is 8.72. The fourth-order valence-electron chi connectivity index (χ4n) is 1.85. The van der Waals surface area contributed by atoms with Crippen molar-refractivity contribution in [2.24, 2.45) is 5.10 Å². The predicted octanol–water partition coefficient (Wildman–Crippen LogP) is 2.21. The van der Waals surface area contributed by atoms with Crippen LogP contribution in [0.15, 0.2) is 59.7 Å². The number of sulfonamides is 1. The molecule has 0 spiro atoms. The van der Waals surface area contributed by atoms with Crippen molar-refractivity contribution in [1.29, 1.82) is 0 Å². The van der Waals surface area contributed by atoms with Gasteiger partial charge in [0.1, 0.15) is 0 Å². The largest absolute Gasteiger partial charge is 0.284 e. The average molecular weight is 331 g/mol. The predicted molar refractivity (Wildman–Crippen MR) is 91.0 cm³/mol. The number of nitrogens with zero attached hydrogens (tertiary/aromatic N) is 1. The third kappa shape index (κ3) is 5.23. The third-order valence-corrected chi connectivity index (χ3v) is 3.57. The number of nitrogens with one attached hydrogen (secondary N) is 2. The van der Waals surface area contributed by atoms with Gasteiger partial charge in [0, 0.05) is 11.3 Å². The van der Waals surface area contributed by atoms with E-state index in [4.69, 9.17) is 0 Å². The van der Waals surface area contributed by atoms with Gasteiger partial charge in [0.05, 0.1) is 12.0 Å². The molecule has 2 rings (SSSR count). The number of hydrazone groups is 1. The number of hydrogen-bond donors (Lipinski definition) is 2. The summed E-state index contributed by atoms with van der Waals surface area (Å²) in [5.41, 5.74) is 4.87. The minimum atomic E-state index is -3.30. The molecule has 2 aromatic rings. The van der Waals surface area contributed by atoms with E-state index in [-0.39, 0.29) is 5.91 Å². The van der Waals surface area contributed by atoms with Crippen LogP contribution in [0, 0.1) is 0 Å². The van der Waals surface area contributed by atoms with Gasteiger partial charge in [-0.1, -0.05) is 30.3 Å². The zero-order valence-electron chi connectivity index (χ0n) is 12.8.